The summed E-state index contributed by atoms with van der Waals surface area (Å²) < 4.78 is 0. The van der Waals surface area contributed by atoms with Gasteiger partial charge in [-0.1, -0.05) is 54.6 Å². The van der Waals surface area contributed by atoms with Gasteiger partial charge in [0.25, 0.3) is 11.7 Å². The SMILES string of the molecule is O=C1C(=O)N(Cc2ccncc2)C(c2c[nH]c3ccccc23)/C1=C(\O)c1ccc2ccccc2c1. The van der Waals surface area contributed by atoms with E-state index in [0.29, 0.717) is 5.56 Å². The number of ketones is 1. The maximum absolute atomic E-state index is 13.4. The molecule has 6 heteroatoms. The smallest absolute Gasteiger partial charge is 0.295 e. The first-order chi connectivity index (χ1) is 17.1. The number of Topliss-reactive ketones (excluding diaryl/α,β-unsaturated/α-hetero) is 1. The van der Waals surface area contributed by atoms with Crippen LogP contribution in [0.1, 0.15) is 22.7 Å². The van der Waals surface area contributed by atoms with Crippen molar-refractivity contribution in [3.8, 4) is 0 Å². The van der Waals surface area contributed by atoms with E-state index in [0.717, 1.165) is 32.8 Å². The first-order valence-electron chi connectivity index (χ1n) is 11.3. The lowest BCUT2D eigenvalue weighted by Gasteiger charge is -2.25. The number of amides is 1. The number of carbonyl (C=O) groups is 2. The van der Waals surface area contributed by atoms with E-state index in [9.17, 15) is 14.7 Å². The number of hydrogen-bond acceptors (Lipinski definition) is 4. The van der Waals surface area contributed by atoms with Gasteiger partial charge in [-0.25, -0.2) is 0 Å². The zero-order valence-corrected chi connectivity index (χ0v) is 18.7. The third kappa shape index (κ3) is 3.47. The Morgan fingerprint density at radius 1 is 0.914 bits per heavy atom. The molecule has 35 heavy (non-hydrogen) atoms. The Hall–Kier alpha value is -4.71. The molecule has 170 valence electrons. The van der Waals surface area contributed by atoms with Gasteiger partial charge in [0.1, 0.15) is 5.76 Å². The van der Waals surface area contributed by atoms with Gasteiger partial charge in [0.2, 0.25) is 0 Å². The van der Waals surface area contributed by atoms with Gasteiger partial charge in [-0.2, -0.15) is 0 Å². The van der Waals surface area contributed by atoms with Gasteiger partial charge in [0, 0.05) is 47.2 Å². The van der Waals surface area contributed by atoms with E-state index in [1.165, 1.54) is 4.90 Å². The fourth-order valence-electron chi connectivity index (χ4n) is 4.86. The molecule has 1 atom stereocenters. The van der Waals surface area contributed by atoms with Crippen LogP contribution in [0.15, 0.2) is 103 Å². The fraction of sp³-hybridized carbons (Fsp3) is 0.0690. The van der Waals surface area contributed by atoms with Gasteiger partial charge in [-0.15, -0.1) is 0 Å². The molecule has 1 unspecified atom stereocenters. The quantitative estimate of drug-likeness (QED) is 0.216. The van der Waals surface area contributed by atoms with Crippen molar-refractivity contribution in [1.82, 2.24) is 14.9 Å². The molecule has 1 saturated heterocycles. The third-order valence-corrected chi connectivity index (χ3v) is 6.58. The molecule has 0 aliphatic carbocycles. The molecule has 1 fully saturated rings. The molecular formula is C29H21N3O3. The first kappa shape index (κ1) is 20.9. The van der Waals surface area contributed by atoms with Crippen molar-refractivity contribution in [2.24, 2.45) is 0 Å². The Balaban J connectivity index is 1.55. The summed E-state index contributed by atoms with van der Waals surface area (Å²) in [6.07, 6.45) is 5.12. The normalized spacial score (nSPS) is 17.5. The Labute approximate surface area is 201 Å². The number of fused-ring (bicyclic) bond motifs is 2. The summed E-state index contributed by atoms with van der Waals surface area (Å²) in [7, 11) is 0. The lowest BCUT2D eigenvalue weighted by molar-refractivity contribution is -0.140. The van der Waals surface area contributed by atoms with Gasteiger partial charge in [0.05, 0.1) is 11.6 Å². The number of nitrogens with zero attached hydrogens (tertiary/aromatic N) is 2. The second-order valence-corrected chi connectivity index (χ2v) is 8.63. The summed E-state index contributed by atoms with van der Waals surface area (Å²) in [4.78, 5) is 35.5. The van der Waals surface area contributed by atoms with E-state index in [1.807, 2.05) is 79.0 Å². The molecule has 5 aromatic rings. The van der Waals surface area contributed by atoms with Crippen LogP contribution in [0.5, 0.6) is 0 Å². The second kappa shape index (κ2) is 8.25. The van der Waals surface area contributed by atoms with Crippen molar-refractivity contribution in [2.45, 2.75) is 12.6 Å². The summed E-state index contributed by atoms with van der Waals surface area (Å²) >= 11 is 0. The molecule has 0 spiro atoms. The van der Waals surface area contributed by atoms with Crippen LogP contribution in [-0.4, -0.2) is 31.7 Å². The van der Waals surface area contributed by atoms with Crippen LogP contribution < -0.4 is 0 Å². The van der Waals surface area contributed by atoms with Crippen molar-refractivity contribution in [3.05, 3.63) is 120 Å². The molecule has 1 amide bonds. The number of aliphatic hydroxyl groups excluding tert-OH is 1. The van der Waals surface area contributed by atoms with E-state index < -0.39 is 17.7 Å². The predicted molar refractivity (Wildman–Crippen MR) is 134 cm³/mol. The highest BCUT2D eigenvalue weighted by Crippen LogP contribution is 2.42. The minimum absolute atomic E-state index is 0.0871. The molecule has 1 aliphatic heterocycles. The van der Waals surface area contributed by atoms with Crippen LogP contribution >= 0.6 is 0 Å². The number of aromatic nitrogens is 2. The largest absolute Gasteiger partial charge is 0.507 e. The number of likely N-dealkylation sites (tertiary alicyclic amines) is 1. The Kier molecular flexibility index (Phi) is 4.92. The number of aliphatic hydroxyl groups is 1. The van der Waals surface area contributed by atoms with Crippen molar-refractivity contribution < 1.29 is 14.7 Å². The number of pyridine rings is 1. The minimum Gasteiger partial charge on any atom is -0.507 e. The van der Waals surface area contributed by atoms with E-state index >= 15 is 0 Å². The average molecular weight is 460 g/mol. The van der Waals surface area contributed by atoms with E-state index in [1.54, 1.807) is 18.5 Å². The monoisotopic (exact) mass is 459 g/mol. The number of hydrogen-bond donors (Lipinski definition) is 2. The number of rotatable bonds is 4. The maximum Gasteiger partial charge on any atom is 0.295 e. The number of H-pyrrole nitrogens is 1. The van der Waals surface area contributed by atoms with Gasteiger partial charge >= 0.3 is 0 Å². The summed E-state index contributed by atoms with van der Waals surface area (Å²) in [5, 5.41) is 14.3. The average Bonchev–Trinajstić information content (AvgIpc) is 3.43. The number of aromatic amines is 1. The number of benzene rings is 3. The molecule has 2 aromatic heterocycles. The second-order valence-electron chi connectivity index (χ2n) is 8.63. The highest BCUT2D eigenvalue weighted by molar-refractivity contribution is 6.46. The predicted octanol–water partition coefficient (Wildman–Crippen LogP) is 5.34. The van der Waals surface area contributed by atoms with Gasteiger partial charge in [0.15, 0.2) is 0 Å². The molecule has 1 aliphatic rings. The van der Waals surface area contributed by atoms with Crippen LogP contribution in [0.4, 0.5) is 0 Å². The summed E-state index contributed by atoms with van der Waals surface area (Å²) in [6.45, 7) is 0.214. The number of nitrogens with one attached hydrogen (secondary N) is 1. The molecule has 0 radical (unpaired) electrons. The highest BCUT2D eigenvalue weighted by Gasteiger charge is 2.46. The number of carbonyl (C=O) groups excluding carboxylic acids is 2. The van der Waals surface area contributed by atoms with Gasteiger partial charge in [-0.3, -0.25) is 14.6 Å². The zero-order valence-electron chi connectivity index (χ0n) is 18.7. The lowest BCUT2D eigenvalue weighted by Crippen LogP contribution is -2.29. The molecule has 6 nitrogen and oxygen atoms in total. The van der Waals surface area contributed by atoms with E-state index in [4.69, 9.17) is 0 Å². The molecule has 6 rings (SSSR count). The Bertz CT molecular complexity index is 1640. The molecule has 0 bridgehead atoms. The van der Waals surface area contributed by atoms with Crippen molar-refractivity contribution in [3.63, 3.8) is 0 Å². The van der Waals surface area contributed by atoms with E-state index in [2.05, 4.69) is 9.97 Å². The molecular weight excluding hydrogens is 438 g/mol. The molecule has 3 heterocycles. The minimum atomic E-state index is -0.745. The van der Waals surface area contributed by atoms with Crippen LogP contribution in [0.25, 0.3) is 27.4 Å². The van der Waals surface area contributed by atoms with Gasteiger partial charge < -0.3 is 15.0 Å². The molecule has 3 aromatic carbocycles. The maximum atomic E-state index is 13.4. The van der Waals surface area contributed by atoms with Crippen molar-refractivity contribution in [2.75, 3.05) is 0 Å². The Morgan fingerprint density at radius 2 is 1.66 bits per heavy atom. The third-order valence-electron chi connectivity index (χ3n) is 6.58. The number of para-hydroxylation sites is 1. The topological polar surface area (TPSA) is 86.3 Å². The van der Waals surface area contributed by atoms with Crippen LogP contribution in [0.3, 0.4) is 0 Å². The standard InChI is InChI=1S/C29H21N3O3/c33-27(21-10-9-19-5-1-2-6-20(19)15-21)25-26(23-16-31-24-8-4-3-7-22(23)24)32(29(35)28(25)34)17-18-11-13-30-14-12-18/h1-16,26,31,33H,17H2/b27-25+. The summed E-state index contributed by atoms with van der Waals surface area (Å²) in [5.74, 6) is -1.51. The van der Waals surface area contributed by atoms with E-state index in [-0.39, 0.29) is 17.9 Å². The zero-order chi connectivity index (χ0) is 23.9. The fourth-order valence-corrected chi connectivity index (χ4v) is 4.86. The molecule has 0 saturated carbocycles. The van der Waals surface area contributed by atoms with Gasteiger partial charge in [-0.05, 0) is 40.6 Å². The molecule has 2 N–H and O–H groups in total. The van der Waals surface area contributed by atoms with Crippen molar-refractivity contribution >= 4 is 39.1 Å². The highest BCUT2D eigenvalue weighted by atomic mass is 16.3. The van der Waals surface area contributed by atoms with Crippen LogP contribution in [0.2, 0.25) is 0 Å². The van der Waals surface area contributed by atoms with Crippen LogP contribution in [-0.2, 0) is 16.1 Å². The summed E-state index contributed by atoms with van der Waals surface area (Å²) in [5.41, 5.74) is 3.08. The van der Waals surface area contributed by atoms with Crippen molar-refractivity contribution in [1.29, 1.82) is 0 Å². The first-order valence-corrected chi connectivity index (χ1v) is 11.3. The lowest BCUT2D eigenvalue weighted by atomic mass is 9.94. The Morgan fingerprint density at radius 3 is 2.49 bits per heavy atom. The summed E-state index contributed by atoms with van der Waals surface area (Å²) in [6, 6.07) is 23.9. The van der Waals surface area contributed by atoms with Crippen LogP contribution in [0, 0.1) is 0 Å².